The highest BCUT2D eigenvalue weighted by Gasteiger charge is 2.45. The Hall–Kier alpha value is -2.48. The van der Waals surface area contributed by atoms with Gasteiger partial charge in [0.15, 0.2) is 6.39 Å². The van der Waals surface area contributed by atoms with Crippen LogP contribution in [0.1, 0.15) is 35.5 Å². The van der Waals surface area contributed by atoms with Crippen LogP contribution in [0.2, 0.25) is 0 Å². The maximum Gasteiger partial charge on any atom is 0.291 e. The topological polar surface area (TPSA) is 93.4 Å². The first kappa shape index (κ1) is 16.0. The van der Waals surface area contributed by atoms with Crippen LogP contribution in [0, 0.1) is 6.92 Å². The molecule has 0 radical (unpaired) electrons. The van der Waals surface area contributed by atoms with Crippen LogP contribution < -0.4 is 5.32 Å². The normalized spacial score (nSPS) is 26.1. The zero-order valence-corrected chi connectivity index (χ0v) is 14.1. The maximum atomic E-state index is 12.6. The first-order chi connectivity index (χ1) is 12.2. The van der Waals surface area contributed by atoms with Gasteiger partial charge in [0.05, 0.1) is 17.8 Å². The lowest BCUT2D eigenvalue weighted by Gasteiger charge is -2.38. The molecular formula is C17H21N5O3. The molecule has 0 unspecified atom stereocenters. The number of nitrogens with zero attached hydrogens (tertiary/aromatic N) is 4. The average molecular weight is 343 g/mol. The number of amides is 1. The third-order valence-corrected chi connectivity index (χ3v) is 4.94. The van der Waals surface area contributed by atoms with E-state index in [1.165, 1.54) is 6.39 Å². The summed E-state index contributed by atoms with van der Waals surface area (Å²) in [5.74, 6) is 0.838. The molecule has 2 aliphatic rings. The Morgan fingerprint density at radius 3 is 2.96 bits per heavy atom. The quantitative estimate of drug-likeness (QED) is 0.905. The number of ether oxygens (including phenoxy) is 1. The minimum atomic E-state index is -0.311. The van der Waals surface area contributed by atoms with Crippen molar-refractivity contribution in [3.05, 3.63) is 36.3 Å². The third-order valence-electron chi connectivity index (χ3n) is 4.94. The number of aromatic nitrogens is 3. The molecule has 2 aromatic heterocycles. The SMILES string of the molecule is Cc1ncoc1C(=O)N1CC[C@@]2(C[C@H](Nc3ncccn3)CCO2)C1. The van der Waals surface area contributed by atoms with Crippen LogP contribution in [0.5, 0.6) is 0 Å². The number of oxazole rings is 1. The number of aryl methyl sites for hydroxylation is 1. The standard InChI is InChI=1S/C17H21N5O3/c1-12-14(24-11-20-12)15(23)22-7-4-17(10-22)9-13(3-8-25-17)21-16-18-5-2-6-19-16/h2,5-6,11,13H,3-4,7-10H2,1H3,(H,18,19,21)/t13-,17-/m1/s1. The van der Waals surface area contributed by atoms with Gasteiger partial charge in [-0.15, -0.1) is 0 Å². The number of anilines is 1. The highest BCUT2D eigenvalue weighted by atomic mass is 16.5. The Morgan fingerprint density at radius 1 is 1.36 bits per heavy atom. The summed E-state index contributed by atoms with van der Waals surface area (Å²) < 4.78 is 11.3. The second-order valence-corrected chi connectivity index (χ2v) is 6.68. The lowest BCUT2D eigenvalue weighted by molar-refractivity contribution is -0.0721. The molecule has 2 fully saturated rings. The zero-order valence-electron chi connectivity index (χ0n) is 14.1. The molecule has 2 atom stereocenters. The van der Waals surface area contributed by atoms with Gasteiger partial charge < -0.3 is 19.4 Å². The van der Waals surface area contributed by atoms with Gasteiger partial charge in [-0.05, 0) is 32.3 Å². The molecule has 0 saturated carbocycles. The summed E-state index contributed by atoms with van der Waals surface area (Å²) in [6.07, 6.45) is 7.30. The summed E-state index contributed by atoms with van der Waals surface area (Å²) in [6.45, 7) is 3.67. The number of carbonyl (C=O) groups is 1. The summed E-state index contributed by atoms with van der Waals surface area (Å²) in [5.41, 5.74) is 0.310. The van der Waals surface area contributed by atoms with Gasteiger partial charge in [-0.2, -0.15) is 0 Å². The van der Waals surface area contributed by atoms with E-state index in [0.717, 1.165) is 19.3 Å². The van der Waals surface area contributed by atoms with Crippen molar-refractivity contribution in [1.29, 1.82) is 0 Å². The molecule has 1 N–H and O–H groups in total. The zero-order chi connectivity index (χ0) is 17.3. The molecule has 0 aromatic carbocycles. The smallest absolute Gasteiger partial charge is 0.291 e. The van der Waals surface area contributed by atoms with E-state index in [-0.39, 0.29) is 17.6 Å². The largest absolute Gasteiger partial charge is 0.438 e. The van der Waals surface area contributed by atoms with Gasteiger partial charge >= 0.3 is 0 Å². The summed E-state index contributed by atoms with van der Waals surface area (Å²) in [7, 11) is 0. The summed E-state index contributed by atoms with van der Waals surface area (Å²) in [5, 5.41) is 3.38. The first-order valence-electron chi connectivity index (χ1n) is 8.52. The van der Waals surface area contributed by atoms with Crippen LogP contribution in [-0.4, -0.2) is 57.1 Å². The Balaban J connectivity index is 1.42. The Morgan fingerprint density at radius 2 is 2.20 bits per heavy atom. The number of hydrogen-bond donors (Lipinski definition) is 1. The molecule has 1 spiro atoms. The number of rotatable bonds is 3. The lowest BCUT2D eigenvalue weighted by Crippen LogP contribution is -2.47. The van der Waals surface area contributed by atoms with E-state index in [2.05, 4.69) is 20.3 Å². The van der Waals surface area contributed by atoms with Crippen LogP contribution >= 0.6 is 0 Å². The van der Waals surface area contributed by atoms with E-state index in [0.29, 0.717) is 37.1 Å². The Labute approximate surface area is 145 Å². The Bertz CT molecular complexity index is 750. The monoisotopic (exact) mass is 343 g/mol. The molecule has 8 nitrogen and oxygen atoms in total. The highest BCUT2D eigenvalue weighted by Crippen LogP contribution is 2.35. The Kier molecular flexibility index (Phi) is 4.12. The minimum absolute atomic E-state index is 0.114. The van der Waals surface area contributed by atoms with E-state index in [4.69, 9.17) is 9.15 Å². The van der Waals surface area contributed by atoms with Crippen molar-refractivity contribution in [3.63, 3.8) is 0 Å². The van der Waals surface area contributed by atoms with Gasteiger partial charge in [0.25, 0.3) is 5.91 Å². The second-order valence-electron chi connectivity index (χ2n) is 6.68. The lowest BCUT2D eigenvalue weighted by atomic mass is 9.89. The third kappa shape index (κ3) is 3.21. The fourth-order valence-electron chi connectivity index (χ4n) is 3.66. The molecule has 2 aliphatic heterocycles. The van der Waals surface area contributed by atoms with Gasteiger partial charge in [-0.3, -0.25) is 4.79 Å². The van der Waals surface area contributed by atoms with Crippen molar-refractivity contribution < 1.29 is 13.9 Å². The average Bonchev–Trinajstić information content (AvgIpc) is 3.22. The van der Waals surface area contributed by atoms with Crippen molar-refractivity contribution in [2.45, 2.75) is 37.8 Å². The number of hydrogen-bond acceptors (Lipinski definition) is 7. The van der Waals surface area contributed by atoms with Gasteiger partial charge in [-0.1, -0.05) is 0 Å². The van der Waals surface area contributed by atoms with E-state index < -0.39 is 0 Å². The van der Waals surface area contributed by atoms with E-state index in [1.807, 2.05) is 0 Å². The molecule has 0 bridgehead atoms. The summed E-state index contributed by atoms with van der Waals surface area (Å²) in [4.78, 5) is 26.9. The number of nitrogens with one attached hydrogen (secondary N) is 1. The van der Waals surface area contributed by atoms with Crippen molar-refractivity contribution in [2.24, 2.45) is 0 Å². The van der Waals surface area contributed by atoms with Gasteiger partial charge in [0.1, 0.15) is 0 Å². The molecule has 2 saturated heterocycles. The maximum absolute atomic E-state index is 12.6. The molecule has 1 amide bonds. The molecule has 25 heavy (non-hydrogen) atoms. The van der Waals surface area contributed by atoms with Crippen LogP contribution in [0.3, 0.4) is 0 Å². The van der Waals surface area contributed by atoms with Crippen LogP contribution in [-0.2, 0) is 4.74 Å². The molecule has 8 heteroatoms. The molecule has 4 rings (SSSR count). The molecular weight excluding hydrogens is 322 g/mol. The van der Waals surface area contributed by atoms with Gasteiger partial charge in [0, 0.05) is 31.6 Å². The van der Waals surface area contributed by atoms with Gasteiger partial charge in [0.2, 0.25) is 11.7 Å². The van der Waals surface area contributed by atoms with Crippen molar-refractivity contribution in [2.75, 3.05) is 25.0 Å². The van der Waals surface area contributed by atoms with Crippen molar-refractivity contribution >= 4 is 11.9 Å². The predicted molar refractivity (Wildman–Crippen MR) is 89.1 cm³/mol. The molecule has 4 heterocycles. The molecule has 0 aliphatic carbocycles. The van der Waals surface area contributed by atoms with Crippen LogP contribution in [0.25, 0.3) is 0 Å². The van der Waals surface area contributed by atoms with E-state index in [1.54, 1.807) is 30.3 Å². The van der Waals surface area contributed by atoms with Gasteiger partial charge in [-0.25, -0.2) is 15.0 Å². The van der Waals surface area contributed by atoms with Crippen LogP contribution in [0.15, 0.2) is 29.3 Å². The van der Waals surface area contributed by atoms with Crippen molar-refractivity contribution in [3.8, 4) is 0 Å². The summed E-state index contributed by atoms with van der Waals surface area (Å²) in [6, 6.07) is 2.03. The highest BCUT2D eigenvalue weighted by molar-refractivity contribution is 5.92. The number of likely N-dealkylation sites (tertiary alicyclic amines) is 1. The van der Waals surface area contributed by atoms with E-state index in [9.17, 15) is 4.79 Å². The fraction of sp³-hybridized carbons (Fsp3) is 0.529. The minimum Gasteiger partial charge on any atom is -0.438 e. The second kappa shape index (κ2) is 6.44. The molecule has 2 aromatic rings. The summed E-state index contributed by atoms with van der Waals surface area (Å²) >= 11 is 0. The fourth-order valence-corrected chi connectivity index (χ4v) is 3.66. The predicted octanol–water partition coefficient (Wildman–Crippen LogP) is 1.65. The number of carbonyl (C=O) groups excluding carboxylic acids is 1. The van der Waals surface area contributed by atoms with E-state index >= 15 is 0 Å². The molecule has 132 valence electrons. The first-order valence-corrected chi connectivity index (χ1v) is 8.52. The van der Waals surface area contributed by atoms with Crippen molar-refractivity contribution in [1.82, 2.24) is 19.9 Å². The van der Waals surface area contributed by atoms with Crippen LogP contribution in [0.4, 0.5) is 5.95 Å².